The molecule has 8 heteroatoms. The average molecular weight is 465 g/mol. The number of piperazine rings is 1. The highest BCUT2D eigenvalue weighted by atomic mass is 32.2. The van der Waals surface area contributed by atoms with Crippen molar-refractivity contribution in [3.8, 4) is 0 Å². The molecule has 0 saturated carbocycles. The van der Waals surface area contributed by atoms with Crippen LogP contribution in [0.2, 0.25) is 0 Å². The number of nitrogens with zero attached hydrogens (tertiary/aromatic N) is 3. The van der Waals surface area contributed by atoms with Gasteiger partial charge in [0.25, 0.3) is 0 Å². The molecule has 1 amide bonds. The highest BCUT2D eigenvalue weighted by Crippen LogP contribution is 2.18. The van der Waals surface area contributed by atoms with E-state index in [-0.39, 0.29) is 18.9 Å². The maximum atomic E-state index is 12.5. The van der Waals surface area contributed by atoms with Gasteiger partial charge in [0.05, 0.1) is 5.52 Å². The second-order valence-electron chi connectivity index (χ2n) is 8.05. The molecular formula is C25H28N4O3S. The fraction of sp³-hybridized carbons (Fsp3) is 0.280. The van der Waals surface area contributed by atoms with Crippen molar-refractivity contribution in [3.63, 3.8) is 0 Å². The van der Waals surface area contributed by atoms with Gasteiger partial charge < -0.3 is 4.90 Å². The van der Waals surface area contributed by atoms with Gasteiger partial charge in [-0.1, -0.05) is 54.6 Å². The average Bonchev–Trinajstić information content (AvgIpc) is 2.84. The van der Waals surface area contributed by atoms with E-state index < -0.39 is 10.0 Å². The van der Waals surface area contributed by atoms with Gasteiger partial charge in [0.2, 0.25) is 15.9 Å². The van der Waals surface area contributed by atoms with Gasteiger partial charge in [-0.15, -0.1) is 0 Å². The van der Waals surface area contributed by atoms with Crippen molar-refractivity contribution in [2.75, 3.05) is 32.7 Å². The Morgan fingerprint density at radius 3 is 2.52 bits per heavy atom. The SMILES string of the molecule is O=C(CCNS(=O)(=O)/C=C/c1ccccc1)N1CCN(Cc2cccc3cccnc23)CC1. The zero-order chi connectivity index (χ0) is 23.1. The molecule has 0 bridgehead atoms. The van der Waals surface area contributed by atoms with Gasteiger partial charge in [-0.3, -0.25) is 14.7 Å². The molecule has 3 aromatic rings. The van der Waals surface area contributed by atoms with Crippen molar-refractivity contribution in [3.05, 3.63) is 83.4 Å². The van der Waals surface area contributed by atoms with Crippen LogP contribution in [-0.2, 0) is 21.4 Å². The molecule has 2 heterocycles. The van der Waals surface area contributed by atoms with Gasteiger partial charge in [0, 0.05) is 62.7 Å². The lowest BCUT2D eigenvalue weighted by Crippen LogP contribution is -2.48. The van der Waals surface area contributed by atoms with E-state index >= 15 is 0 Å². The summed E-state index contributed by atoms with van der Waals surface area (Å²) in [6.45, 7) is 3.71. The quantitative estimate of drug-likeness (QED) is 0.554. The molecule has 0 atom stereocenters. The van der Waals surface area contributed by atoms with Gasteiger partial charge in [-0.05, 0) is 23.3 Å². The van der Waals surface area contributed by atoms with Crippen LogP contribution in [-0.4, -0.2) is 61.8 Å². The predicted molar refractivity (Wildman–Crippen MR) is 131 cm³/mol. The van der Waals surface area contributed by atoms with Crippen molar-refractivity contribution >= 4 is 32.9 Å². The van der Waals surface area contributed by atoms with Crippen molar-refractivity contribution < 1.29 is 13.2 Å². The summed E-state index contributed by atoms with van der Waals surface area (Å²) in [5.41, 5.74) is 3.01. The number of sulfonamides is 1. The molecule has 1 saturated heterocycles. The Morgan fingerprint density at radius 1 is 0.970 bits per heavy atom. The Morgan fingerprint density at radius 2 is 1.73 bits per heavy atom. The van der Waals surface area contributed by atoms with E-state index in [9.17, 15) is 13.2 Å². The first-order valence-corrected chi connectivity index (χ1v) is 12.6. The first-order valence-electron chi connectivity index (χ1n) is 11.1. The van der Waals surface area contributed by atoms with Crippen LogP contribution < -0.4 is 4.72 Å². The minimum absolute atomic E-state index is 0.0313. The Kier molecular flexibility index (Phi) is 7.49. The molecule has 2 aromatic carbocycles. The zero-order valence-corrected chi connectivity index (χ0v) is 19.2. The smallest absolute Gasteiger partial charge is 0.233 e. The first-order chi connectivity index (χ1) is 16.0. The maximum absolute atomic E-state index is 12.5. The first kappa shape index (κ1) is 23.1. The van der Waals surface area contributed by atoms with Gasteiger partial charge in [0.1, 0.15) is 0 Å². The number of hydrogen-bond donors (Lipinski definition) is 1. The number of carbonyl (C=O) groups excluding carboxylic acids is 1. The molecule has 0 unspecified atom stereocenters. The molecule has 0 spiro atoms. The summed E-state index contributed by atoms with van der Waals surface area (Å²) < 4.78 is 26.8. The third-order valence-electron chi connectivity index (χ3n) is 5.72. The van der Waals surface area contributed by atoms with Crippen LogP contribution in [0.4, 0.5) is 0 Å². The van der Waals surface area contributed by atoms with E-state index in [1.54, 1.807) is 0 Å². The molecule has 0 radical (unpaired) electrons. The Bertz CT molecular complexity index is 1220. The number of benzene rings is 2. The summed E-state index contributed by atoms with van der Waals surface area (Å²) >= 11 is 0. The van der Waals surface area contributed by atoms with Gasteiger partial charge in [-0.2, -0.15) is 0 Å². The highest BCUT2D eigenvalue weighted by Gasteiger charge is 2.21. The molecule has 1 N–H and O–H groups in total. The monoisotopic (exact) mass is 464 g/mol. The summed E-state index contributed by atoms with van der Waals surface area (Å²) in [6, 6.07) is 19.4. The molecule has 33 heavy (non-hydrogen) atoms. The fourth-order valence-electron chi connectivity index (χ4n) is 3.93. The Labute approximate surface area is 194 Å². The van der Waals surface area contributed by atoms with Crippen molar-refractivity contribution in [2.45, 2.75) is 13.0 Å². The van der Waals surface area contributed by atoms with E-state index in [2.05, 4.69) is 38.9 Å². The van der Waals surface area contributed by atoms with E-state index in [1.165, 1.54) is 11.6 Å². The fourth-order valence-corrected chi connectivity index (χ4v) is 4.75. The number of fused-ring (bicyclic) bond motifs is 1. The van der Waals surface area contributed by atoms with Crippen molar-refractivity contribution in [1.29, 1.82) is 0 Å². The molecule has 172 valence electrons. The molecule has 4 rings (SSSR count). The number of pyridine rings is 1. The largest absolute Gasteiger partial charge is 0.340 e. The van der Waals surface area contributed by atoms with Crippen LogP contribution in [0.3, 0.4) is 0 Å². The number of amides is 1. The minimum Gasteiger partial charge on any atom is -0.340 e. The number of nitrogens with one attached hydrogen (secondary N) is 1. The topological polar surface area (TPSA) is 82.6 Å². The van der Waals surface area contributed by atoms with Crippen molar-refractivity contribution in [2.24, 2.45) is 0 Å². The summed E-state index contributed by atoms with van der Waals surface area (Å²) in [4.78, 5) is 21.2. The molecular weight excluding hydrogens is 436 g/mol. The van der Waals surface area contributed by atoms with Crippen LogP contribution in [0, 0.1) is 0 Å². The van der Waals surface area contributed by atoms with Crippen molar-refractivity contribution in [1.82, 2.24) is 19.5 Å². The highest BCUT2D eigenvalue weighted by molar-refractivity contribution is 7.92. The van der Waals surface area contributed by atoms with E-state index in [0.29, 0.717) is 13.1 Å². The third kappa shape index (κ3) is 6.47. The maximum Gasteiger partial charge on any atom is 0.233 e. The molecule has 1 fully saturated rings. The summed E-state index contributed by atoms with van der Waals surface area (Å²) in [5.74, 6) is -0.0313. The van der Waals surface area contributed by atoms with Crippen LogP contribution in [0.25, 0.3) is 17.0 Å². The molecule has 7 nitrogen and oxygen atoms in total. The second kappa shape index (κ2) is 10.7. The van der Waals surface area contributed by atoms with E-state index in [1.807, 2.05) is 47.5 Å². The summed E-state index contributed by atoms with van der Waals surface area (Å²) in [7, 11) is -3.58. The van der Waals surface area contributed by atoms with Crippen LogP contribution >= 0.6 is 0 Å². The normalized spacial score (nSPS) is 15.3. The lowest BCUT2D eigenvalue weighted by molar-refractivity contribution is -0.132. The number of carbonyl (C=O) groups is 1. The van der Waals surface area contributed by atoms with Crippen LogP contribution in [0.1, 0.15) is 17.5 Å². The summed E-state index contributed by atoms with van der Waals surface area (Å²) in [5, 5.41) is 2.26. The van der Waals surface area contributed by atoms with Gasteiger partial charge in [0.15, 0.2) is 0 Å². The van der Waals surface area contributed by atoms with Gasteiger partial charge >= 0.3 is 0 Å². The van der Waals surface area contributed by atoms with E-state index in [0.717, 1.165) is 41.5 Å². The molecule has 1 aromatic heterocycles. The number of rotatable bonds is 8. The zero-order valence-electron chi connectivity index (χ0n) is 18.4. The Balaban J connectivity index is 1.22. The second-order valence-corrected chi connectivity index (χ2v) is 9.70. The number of para-hydroxylation sites is 1. The lowest BCUT2D eigenvalue weighted by atomic mass is 10.1. The molecule has 1 aliphatic rings. The third-order valence-corrected chi connectivity index (χ3v) is 6.82. The van der Waals surface area contributed by atoms with Crippen LogP contribution in [0.5, 0.6) is 0 Å². The summed E-state index contributed by atoms with van der Waals surface area (Å²) in [6.07, 6.45) is 3.49. The predicted octanol–water partition coefficient (Wildman–Crippen LogP) is 2.86. The van der Waals surface area contributed by atoms with Gasteiger partial charge in [-0.25, -0.2) is 13.1 Å². The van der Waals surface area contributed by atoms with Crippen LogP contribution in [0.15, 0.2) is 72.3 Å². The lowest BCUT2D eigenvalue weighted by Gasteiger charge is -2.35. The standard InChI is InChI=1S/C25H28N4O3S/c30-24(11-14-27-33(31,32)19-12-21-6-2-1-3-7-21)29-17-15-28(16-18-29)20-23-9-4-8-22-10-5-13-26-25(22)23/h1-10,12-13,19,27H,11,14-18,20H2/b19-12+. The van der Waals surface area contributed by atoms with E-state index in [4.69, 9.17) is 0 Å². The molecule has 0 aliphatic carbocycles. The number of hydrogen-bond acceptors (Lipinski definition) is 5. The number of aromatic nitrogens is 1. The Hall–Kier alpha value is -3.07. The molecule has 1 aliphatic heterocycles. The minimum atomic E-state index is -3.58.